The van der Waals surface area contributed by atoms with Gasteiger partial charge >= 0.3 is 0 Å². The fourth-order valence-corrected chi connectivity index (χ4v) is 4.31. The van der Waals surface area contributed by atoms with Gasteiger partial charge in [-0.25, -0.2) is 4.98 Å². The van der Waals surface area contributed by atoms with Crippen molar-refractivity contribution in [3.63, 3.8) is 0 Å². The van der Waals surface area contributed by atoms with Gasteiger partial charge in [-0.1, -0.05) is 62.9 Å². The van der Waals surface area contributed by atoms with Crippen LogP contribution in [0.5, 0.6) is 0 Å². The summed E-state index contributed by atoms with van der Waals surface area (Å²) in [5, 5.41) is 2.96. The van der Waals surface area contributed by atoms with E-state index in [1.807, 2.05) is 12.4 Å². The smallest absolute Gasteiger partial charge is 0.287 e. The lowest BCUT2D eigenvalue weighted by molar-refractivity contribution is 0.0925. The molecule has 1 aromatic carbocycles. The largest absolute Gasteiger partial charge is 0.449 e. The van der Waals surface area contributed by atoms with E-state index in [0.717, 1.165) is 36.2 Å². The number of aryl methyl sites for hydroxylation is 1. The van der Waals surface area contributed by atoms with Crippen molar-refractivity contribution < 1.29 is 9.21 Å². The van der Waals surface area contributed by atoms with Gasteiger partial charge in [-0.15, -0.1) is 0 Å². The Hall–Kier alpha value is -2.82. The van der Waals surface area contributed by atoms with E-state index in [1.165, 1.54) is 24.8 Å². The Balaban J connectivity index is 1.67. The molecule has 5 nitrogen and oxygen atoms in total. The van der Waals surface area contributed by atoms with Crippen molar-refractivity contribution in [2.75, 3.05) is 6.54 Å². The Morgan fingerprint density at radius 1 is 1.13 bits per heavy atom. The van der Waals surface area contributed by atoms with Crippen molar-refractivity contribution in [3.05, 3.63) is 54.0 Å². The van der Waals surface area contributed by atoms with E-state index < -0.39 is 0 Å². The van der Waals surface area contributed by atoms with Gasteiger partial charge in [0.05, 0.1) is 12.0 Å². The normalized spacial score (nSPS) is 14.8. The second-order valence-corrected chi connectivity index (χ2v) is 9.11. The first-order valence-corrected chi connectivity index (χ1v) is 11.5. The van der Waals surface area contributed by atoms with Crippen LogP contribution in [0.2, 0.25) is 0 Å². The first-order chi connectivity index (χ1) is 15.0. The molecule has 0 spiro atoms. The molecule has 2 heterocycles. The molecule has 164 valence electrons. The number of hydrogen-bond donors (Lipinski definition) is 1. The van der Waals surface area contributed by atoms with Crippen molar-refractivity contribution >= 4 is 5.91 Å². The van der Waals surface area contributed by atoms with Crippen LogP contribution >= 0.6 is 0 Å². The number of nitrogens with one attached hydrogen (secondary N) is 1. The maximum absolute atomic E-state index is 12.6. The summed E-state index contributed by atoms with van der Waals surface area (Å²) in [5.74, 6) is 1.44. The molecule has 0 bridgehead atoms. The minimum absolute atomic E-state index is 0.160. The summed E-state index contributed by atoms with van der Waals surface area (Å²) in [6.07, 6.45) is 8.98. The standard InChI is InChI=1S/C26H33N3O2/c1-18(2)15-16-27-26(30)23-14-13-22(31-23)25-24(20-11-9-19(3)10-12-20)28-17-29(25)21-7-5-4-6-8-21/h9-14,17-18,21H,4-8,15-16H2,1-3H3,(H,27,30). The van der Waals surface area contributed by atoms with Crippen LogP contribution in [0.3, 0.4) is 0 Å². The van der Waals surface area contributed by atoms with Gasteiger partial charge in [-0.2, -0.15) is 0 Å². The van der Waals surface area contributed by atoms with Crippen LogP contribution in [0.1, 0.15) is 74.5 Å². The zero-order valence-electron chi connectivity index (χ0n) is 18.9. The highest BCUT2D eigenvalue weighted by Crippen LogP contribution is 2.38. The average molecular weight is 420 g/mol. The number of aromatic nitrogens is 2. The van der Waals surface area contributed by atoms with Gasteiger partial charge in [0.2, 0.25) is 0 Å². The summed E-state index contributed by atoms with van der Waals surface area (Å²) in [5.41, 5.74) is 4.16. The third-order valence-electron chi connectivity index (χ3n) is 6.16. The van der Waals surface area contributed by atoms with Crippen LogP contribution in [0.4, 0.5) is 0 Å². The predicted molar refractivity (Wildman–Crippen MR) is 124 cm³/mol. The first kappa shape index (κ1) is 21.4. The monoisotopic (exact) mass is 419 g/mol. The molecule has 1 amide bonds. The average Bonchev–Trinajstić information content (AvgIpc) is 3.42. The Labute approximate surface area is 184 Å². The number of amides is 1. The van der Waals surface area contributed by atoms with Crippen LogP contribution in [-0.2, 0) is 0 Å². The number of rotatable bonds is 7. The van der Waals surface area contributed by atoms with Crippen LogP contribution in [0.15, 0.2) is 47.1 Å². The van der Waals surface area contributed by atoms with Gasteiger partial charge in [0.25, 0.3) is 5.91 Å². The molecule has 4 rings (SSSR count). The Morgan fingerprint density at radius 2 is 1.87 bits per heavy atom. The van der Waals surface area contributed by atoms with Crippen LogP contribution < -0.4 is 5.32 Å². The molecule has 5 heteroatoms. The zero-order chi connectivity index (χ0) is 21.8. The van der Waals surface area contributed by atoms with Crippen molar-refractivity contribution in [1.29, 1.82) is 0 Å². The van der Waals surface area contributed by atoms with E-state index in [2.05, 4.69) is 54.9 Å². The van der Waals surface area contributed by atoms with E-state index in [9.17, 15) is 4.79 Å². The van der Waals surface area contributed by atoms with Gasteiger partial charge in [0.15, 0.2) is 11.5 Å². The quantitative estimate of drug-likeness (QED) is 0.482. The molecule has 1 fully saturated rings. The van der Waals surface area contributed by atoms with Crippen LogP contribution in [-0.4, -0.2) is 22.0 Å². The van der Waals surface area contributed by atoms with Gasteiger partial charge in [-0.05, 0) is 44.2 Å². The third-order valence-corrected chi connectivity index (χ3v) is 6.16. The molecule has 1 aliphatic carbocycles. The van der Waals surface area contributed by atoms with Crippen LogP contribution in [0, 0.1) is 12.8 Å². The van der Waals surface area contributed by atoms with Gasteiger partial charge in [-0.3, -0.25) is 4.79 Å². The lowest BCUT2D eigenvalue weighted by Gasteiger charge is -2.24. The minimum Gasteiger partial charge on any atom is -0.449 e. The number of furan rings is 1. The lowest BCUT2D eigenvalue weighted by atomic mass is 9.95. The maximum Gasteiger partial charge on any atom is 0.287 e. The molecule has 31 heavy (non-hydrogen) atoms. The molecule has 1 aliphatic rings. The molecule has 1 N–H and O–H groups in total. The Kier molecular flexibility index (Phi) is 6.59. The molecular weight excluding hydrogens is 386 g/mol. The number of carbonyl (C=O) groups is 1. The Bertz CT molecular complexity index is 1010. The number of imidazole rings is 1. The van der Waals surface area contributed by atoms with E-state index in [0.29, 0.717) is 30.0 Å². The van der Waals surface area contributed by atoms with Gasteiger partial charge in [0.1, 0.15) is 5.69 Å². The molecular formula is C26H33N3O2. The summed E-state index contributed by atoms with van der Waals surface area (Å²) in [4.78, 5) is 17.4. The number of nitrogens with zero attached hydrogens (tertiary/aromatic N) is 2. The molecule has 0 radical (unpaired) electrons. The maximum atomic E-state index is 12.6. The topological polar surface area (TPSA) is 60.1 Å². The fraction of sp³-hybridized carbons (Fsp3) is 0.462. The second-order valence-electron chi connectivity index (χ2n) is 9.11. The fourth-order valence-electron chi connectivity index (χ4n) is 4.31. The Morgan fingerprint density at radius 3 is 2.58 bits per heavy atom. The summed E-state index contributed by atoms with van der Waals surface area (Å²) in [7, 11) is 0. The third kappa shape index (κ3) is 4.92. The zero-order valence-corrected chi connectivity index (χ0v) is 18.9. The molecule has 0 unspecified atom stereocenters. The minimum atomic E-state index is -0.160. The number of carbonyl (C=O) groups excluding carboxylic acids is 1. The van der Waals surface area contributed by atoms with Crippen molar-refractivity contribution in [3.8, 4) is 22.7 Å². The lowest BCUT2D eigenvalue weighted by Crippen LogP contribution is -2.24. The molecule has 0 atom stereocenters. The predicted octanol–water partition coefficient (Wildman–Crippen LogP) is 6.40. The van der Waals surface area contributed by atoms with E-state index in [1.54, 1.807) is 6.07 Å². The summed E-state index contributed by atoms with van der Waals surface area (Å²) in [6.45, 7) is 7.04. The summed E-state index contributed by atoms with van der Waals surface area (Å²) in [6, 6.07) is 12.5. The highest BCUT2D eigenvalue weighted by Gasteiger charge is 2.25. The molecule has 1 saturated carbocycles. The van der Waals surface area contributed by atoms with Crippen molar-refractivity contribution in [2.45, 2.75) is 65.3 Å². The highest BCUT2D eigenvalue weighted by atomic mass is 16.4. The highest BCUT2D eigenvalue weighted by molar-refractivity contribution is 5.92. The molecule has 3 aromatic rings. The van der Waals surface area contributed by atoms with Crippen molar-refractivity contribution in [2.24, 2.45) is 5.92 Å². The van der Waals surface area contributed by atoms with E-state index in [-0.39, 0.29) is 5.91 Å². The SMILES string of the molecule is Cc1ccc(-c2ncn(C3CCCCC3)c2-c2ccc(C(=O)NCCC(C)C)o2)cc1. The van der Waals surface area contributed by atoms with Gasteiger partial charge < -0.3 is 14.3 Å². The van der Waals surface area contributed by atoms with E-state index in [4.69, 9.17) is 9.40 Å². The molecule has 2 aromatic heterocycles. The number of benzene rings is 1. The van der Waals surface area contributed by atoms with E-state index >= 15 is 0 Å². The van der Waals surface area contributed by atoms with Crippen molar-refractivity contribution in [1.82, 2.24) is 14.9 Å². The second kappa shape index (κ2) is 9.54. The summed E-state index contributed by atoms with van der Waals surface area (Å²) >= 11 is 0. The molecule has 0 aliphatic heterocycles. The van der Waals surface area contributed by atoms with Gasteiger partial charge in [0, 0.05) is 18.2 Å². The number of hydrogen-bond acceptors (Lipinski definition) is 3. The first-order valence-electron chi connectivity index (χ1n) is 11.5. The summed E-state index contributed by atoms with van der Waals surface area (Å²) < 4.78 is 8.36. The van der Waals surface area contributed by atoms with Crippen LogP contribution in [0.25, 0.3) is 22.7 Å². The molecule has 0 saturated heterocycles.